The van der Waals surface area contributed by atoms with Crippen LogP contribution in [0.1, 0.15) is 74.7 Å². The Hall–Kier alpha value is -1.76. The van der Waals surface area contributed by atoms with Crippen molar-refractivity contribution in [3.8, 4) is 0 Å². The summed E-state index contributed by atoms with van der Waals surface area (Å²) in [5.74, 6) is 0.726. The summed E-state index contributed by atoms with van der Waals surface area (Å²) < 4.78 is 41.2. The van der Waals surface area contributed by atoms with Crippen LogP contribution in [0, 0.1) is 23.7 Å². The fourth-order valence-corrected chi connectivity index (χ4v) is 6.64. The van der Waals surface area contributed by atoms with E-state index < -0.39 is 23.6 Å². The fraction of sp³-hybridized carbons (Fsp3) is 0.680. The highest BCUT2D eigenvalue weighted by Crippen LogP contribution is 2.55. The van der Waals surface area contributed by atoms with Gasteiger partial charge in [0.2, 0.25) is 5.91 Å². The third-order valence-electron chi connectivity index (χ3n) is 7.58. The molecule has 5 rings (SSSR count). The number of nitrogens with one attached hydrogen (secondary N) is 1. The number of nitrogens with zero attached hydrogens (tertiary/aromatic N) is 1. The van der Waals surface area contributed by atoms with E-state index in [9.17, 15) is 22.8 Å². The third kappa shape index (κ3) is 5.33. The van der Waals surface area contributed by atoms with Gasteiger partial charge in [0.1, 0.15) is 5.88 Å². The van der Waals surface area contributed by atoms with Gasteiger partial charge in [-0.15, -0.1) is 11.6 Å². The first-order valence-electron chi connectivity index (χ1n) is 11.9. The average molecular weight is 485 g/mol. The molecule has 0 aliphatic heterocycles. The van der Waals surface area contributed by atoms with Crippen LogP contribution in [0.5, 0.6) is 0 Å². The van der Waals surface area contributed by atoms with Gasteiger partial charge in [0.15, 0.2) is 0 Å². The summed E-state index contributed by atoms with van der Waals surface area (Å²) in [7, 11) is 0. The summed E-state index contributed by atoms with van der Waals surface area (Å²) in [4.78, 5) is 27.0. The first kappa shape index (κ1) is 24.4. The van der Waals surface area contributed by atoms with Gasteiger partial charge in [-0.05, 0) is 86.8 Å². The molecular weight excluding hydrogens is 453 g/mol. The van der Waals surface area contributed by atoms with Gasteiger partial charge in [0.05, 0.1) is 5.56 Å². The Morgan fingerprint density at radius 2 is 1.67 bits per heavy atom. The first-order chi connectivity index (χ1) is 15.5. The van der Waals surface area contributed by atoms with Crippen molar-refractivity contribution in [2.24, 2.45) is 23.7 Å². The summed E-state index contributed by atoms with van der Waals surface area (Å²) in [5, 5.41) is 3.14. The minimum Gasteiger partial charge on any atom is -0.347 e. The highest BCUT2D eigenvalue weighted by molar-refractivity contribution is 6.29. The zero-order valence-electron chi connectivity index (χ0n) is 19.2. The molecule has 1 aromatic carbocycles. The molecule has 0 atom stereocenters. The standard InChI is InChI=1S/C25H32ClF3N2O2/c1-15(2)3-4-31(22(32)14-26)21-9-19(8-20(10-21)25(27,28)29)23(33)30-24-11-16-5-17(12-24)7-18(6-16)13-24/h8-10,15-18H,3-7,11-14H2,1-2H3,(H,30,33). The highest BCUT2D eigenvalue weighted by Gasteiger charge is 2.51. The van der Waals surface area contributed by atoms with E-state index in [1.807, 2.05) is 13.8 Å². The van der Waals surface area contributed by atoms with Crippen molar-refractivity contribution in [1.29, 1.82) is 0 Å². The summed E-state index contributed by atoms with van der Waals surface area (Å²) >= 11 is 5.76. The summed E-state index contributed by atoms with van der Waals surface area (Å²) in [5.41, 5.74) is -1.25. The molecule has 0 unspecified atom stereocenters. The lowest BCUT2D eigenvalue weighted by Crippen LogP contribution is -2.59. The quantitative estimate of drug-likeness (QED) is 0.481. The normalized spacial score (nSPS) is 28.3. The average Bonchev–Trinajstić information content (AvgIpc) is 2.71. The first-order valence-corrected chi connectivity index (χ1v) is 12.4. The number of amides is 2. The van der Waals surface area contributed by atoms with Crippen LogP contribution in [0.25, 0.3) is 0 Å². The number of rotatable bonds is 7. The van der Waals surface area contributed by atoms with Crippen LogP contribution < -0.4 is 10.2 Å². The van der Waals surface area contributed by atoms with Crippen molar-refractivity contribution in [2.45, 2.75) is 70.5 Å². The minimum absolute atomic E-state index is 0.0618. The molecule has 1 N–H and O–H groups in total. The van der Waals surface area contributed by atoms with Gasteiger partial charge in [-0.3, -0.25) is 9.59 Å². The van der Waals surface area contributed by atoms with Crippen molar-refractivity contribution in [3.63, 3.8) is 0 Å². The molecule has 182 valence electrons. The highest BCUT2D eigenvalue weighted by atomic mass is 35.5. The van der Waals surface area contributed by atoms with Gasteiger partial charge in [-0.2, -0.15) is 13.2 Å². The van der Waals surface area contributed by atoms with Crippen LogP contribution in [-0.4, -0.2) is 29.8 Å². The Morgan fingerprint density at radius 3 is 2.15 bits per heavy atom. The second-order valence-electron chi connectivity index (χ2n) is 10.8. The molecule has 4 saturated carbocycles. The molecule has 4 aliphatic rings. The SMILES string of the molecule is CC(C)CCN(C(=O)CCl)c1cc(C(=O)NC23CC4CC(CC(C4)C2)C3)cc(C(F)(F)F)c1. The van der Waals surface area contributed by atoms with Gasteiger partial charge in [0.25, 0.3) is 5.91 Å². The van der Waals surface area contributed by atoms with E-state index in [4.69, 9.17) is 11.6 Å². The van der Waals surface area contributed by atoms with Gasteiger partial charge < -0.3 is 10.2 Å². The van der Waals surface area contributed by atoms with E-state index in [2.05, 4.69) is 5.32 Å². The minimum atomic E-state index is -4.64. The lowest BCUT2D eigenvalue weighted by atomic mass is 9.53. The molecule has 0 heterocycles. The molecule has 4 aliphatic carbocycles. The maximum absolute atomic E-state index is 13.7. The smallest absolute Gasteiger partial charge is 0.347 e. The van der Waals surface area contributed by atoms with Crippen molar-refractivity contribution in [3.05, 3.63) is 29.3 Å². The van der Waals surface area contributed by atoms with Gasteiger partial charge in [0, 0.05) is 23.3 Å². The molecule has 0 spiro atoms. The van der Waals surface area contributed by atoms with E-state index in [0.717, 1.165) is 31.4 Å². The molecule has 2 amide bonds. The molecule has 4 bridgehead atoms. The fourth-order valence-electron chi connectivity index (χ4n) is 6.50. The van der Waals surface area contributed by atoms with Crippen LogP contribution in [0.2, 0.25) is 0 Å². The number of benzene rings is 1. The maximum Gasteiger partial charge on any atom is 0.416 e. The molecular formula is C25H32ClF3N2O2. The molecule has 0 radical (unpaired) electrons. The third-order valence-corrected chi connectivity index (χ3v) is 7.81. The zero-order valence-corrected chi connectivity index (χ0v) is 19.9. The van der Waals surface area contributed by atoms with Gasteiger partial charge in [-0.1, -0.05) is 13.8 Å². The van der Waals surface area contributed by atoms with Crippen LogP contribution in [0.15, 0.2) is 18.2 Å². The Kier molecular flexibility index (Phi) is 6.74. The topological polar surface area (TPSA) is 49.4 Å². The summed E-state index contributed by atoms with van der Waals surface area (Å²) in [6.07, 6.45) is 2.29. The predicted molar refractivity (Wildman–Crippen MR) is 122 cm³/mol. The van der Waals surface area contributed by atoms with Gasteiger partial charge in [-0.25, -0.2) is 0 Å². The van der Waals surface area contributed by atoms with E-state index in [1.54, 1.807) is 0 Å². The Labute approximate surface area is 198 Å². The Balaban J connectivity index is 1.64. The van der Waals surface area contributed by atoms with Crippen molar-refractivity contribution in [2.75, 3.05) is 17.3 Å². The van der Waals surface area contributed by atoms with Crippen LogP contribution >= 0.6 is 11.6 Å². The van der Waals surface area contributed by atoms with E-state index in [-0.39, 0.29) is 35.1 Å². The second kappa shape index (κ2) is 9.12. The molecule has 0 aromatic heterocycles. The molecule has 1 aromatic rings. The number of alkyl halides is 4. The number of carbonyl (C=O) groups is 2. The van der Waals surface area contributed by atoms with Crippen LogP contribution in [-0.2, 0) is 11.0 Å². The molecule has 0 saturated heterocycles. The van der Waals surface area contributed by atoms with Crippen LogP contribution in [0.4, 0.5) is 18.9 Å². The second-order valence-corrected chi connectivity index (χ2v) is 11.0. The lowest BCUT2D eigenvalue weighted by Gasteiger charge is -2.56. The summed E-state index contributed by atoms with van der Waals surface area (Å²) in [6, 6.07) is 3.23. The number of carbonyl (C=O) groups excluding carboxylic acids is 2. The lowest BCUT2D eigenvalue weighted by molar-refractivity contribution is -0.137. The van der Waals surface area contributed by atoms with Crippen molar-refractivity contribution < 1.29 is 22.8 Å². The van der Waals surface area contributed by atoms with Crippen molar-refractivity contribution >= 4 is 29.1 Å². The van der Waals surface area contributed by atoms with Crippen LogP contribution in [0.3, 0.4) is 0 Å². The Morgan fingerprint density at radius 1 is 1.09 bits per heavy atom. The monoisotopic (exact) mass is 484 g/mol. The summed E-state index contributed by atoms with van der Waals surface area (Å²) in [6.45, 7) is 4.18. The maximum atomic E-state index is 13.7. The van der Waals surface area contributed by atoms with Crippen molar-refractivity contribution in [1.82, 2.24) is 5.32 Å². The molecule has 8 heteroatoms. The van der Waals surface area contributed by atoms with E-state index in [1.165, 1.54) is 30.2 Å². The number of hydrogen-bond acceptors (Lipinski definition) is 2. The molecule has 4 nitrogen and oxygen atoms in total. The number of halogens is 4. The van der Waals surface area contributed by atoms with Gasteiger partial charge >= 0.3 is 6.18 Å². The van der Waals surface area contributed by atoms with E-state index in [0.29, 0.717) is 24.2 Å². The molecule has 4 fully saturated rings. The van der Waals surface area contributed by atoms with E-state index >= 15 is 0 Å². The number of hydrogen-bond donors (Lipinski definition) is 1. The largest absolute Gasteiger partial charge is 0.416 e. The zero-order chi connectivity index (χ0) is 24.0. The predicted octanol–water partition coefficient (Wildman–Crippen LogP) is 6.02. The number of anilines is 1. The Bertz CT molecular complexity index is 880. The molecule has 33 heavy (non-hydrogen) atoms.